The summed E-state index contributed by atoms with van der Waals surface area (Å²) in [5.41, 5.74) is 4.18. The molecule has 0 aliphatic carbocycles. The van der Waals surface area contributed by atoms with E-state index < -0.39 is 0 Å². The normalized spacial score (nSPS) is 10.6. The molecule has 0 bridgehead atoms. The maximum absolute atomic E-state index is 11.1. The van der Waals surface area contributed by atoms with E-state index in [0.717, 1.165) is 22.6 Å². The number of aromatic nitrogens is 3. The lowest BCUT2D eigenvalue weighted by molar-refractivity contribution is -0.114. The van der Waals surface area contributed by atoms with Crippen LogP contribution in [0.2, 0.25) is 0 Å². The number of hydrogen-bond donors (Lipinski definition) is 1. The Balaban J connectivity index is 2.01. The molecule has 6 heteroatoms. The number of rotatable bonds is 3. The molecule has 0 saturated heterocycles. The molecule has 3 rings (SSSR count). The number of hydrogen-bond acceptors (Lipinski definition) is 5. The molecule has 0 aliphatic heterocycles. The van der Waals surface area contributed by atoms with Gasteiger partial charge in [-0.1, -0.05) is 12.1 Å². The maximum atomic E-state index is 11.1. The molecule has 0 radical (unpaired) electrons. The third kappa shape index (κ3) is 3.11. The molecule has 1 aromatic carbocycles. The van der Waals surface area contributed by atoms with Gasteiger partial charge >= 0.3 is 0 Å². The van der Waals surface area contributed by atoms with E-state index in [1.807, 2.05) is 37.3 Å². The van der Waals surface area contributed by atoms with Gasteiger partial charge in [0, 0.05) is 12.5 Å². The smallest absolute Gasteiger partial charge is 0.230 e. The molecule has 0 fully saturated rings. The largest absolute Gasteiger partial charge is 0.496 e. The number of carbonyl (C=O) groups is 1. The molecule has 0 saturated carbocycles. The zero-order valence-corrected chi connectivity index (χ0v) is 13.1. The molecule has 2 heterocycles. The van der Waals surface area contributed by atoms with E-state index in [9.17, 15) is 4.79 Å². The molecule has 2 aromatic heterocycles. The van der Waals surface area contributed by atoms with Gasteiger partial charge in [-0.15, -0.1) is 0 Å². The molecule has 0 unspecified atom stereocenters. The highest BCUT2D eigenvalue weighted by atomic mass is 16.5. The van der Waals surface area contributed by atoms with Crippen molar-refractivity contribution in [3.05, 3.63) is 42.1 Å². The summed E-state index contributed by atoms with van der Waals surface area (Å²) in [6, 6.07) is 9.69. The van der Waals surface area contributed by atoms with Crippen molar-refractivity contribution >= 4 is 22.9 Å². The Morgan fingerprint density at radius 2 is 1.96 bits per heavy atom. The van der Waals surface area contributed by atoms with Gasteiger partial charge in [-0.05, 0) is 30.7 Å². The Kier molecular flexibility index (Phi) is 3.89. The van der Waals surface area contributed by atoms with Crippen LogP contribution in [0.15, 0.2) is 36.5 Å². The maximum Gasteiger partial charge on any atom is 0.230 e. The lowest BCUT2D eigenvalue weighted by Crippen LogP contribution is -2.09. The van der Waals surface area contributed by atoms with E-state index in [1.54, 1.807) is 13.3 Å². The van der Waals surface area contributed by atoms with Crippen molar-refractivity contribution in [2.24, 2.45) is 0 Å². The number of nitrogens with one attached hydrogen (secondary N) is 1. The van der Waals surface area contributed by atoms with E-state index in [1.165, 1.54) is 6.92 Å². The van der Waals surface area contributed by atoms with Crippen LogP contribution in [-0.4, -0.2) is 28.0 Å². The summed E-state index contributed by atoms with van der Waals surface area (Å²) in [4.78, 5) is 24.0. The van der Waals surface area contributed by atoms with E-state index >= 15 is 0 Å². The van der Waals surface area contributed by atoms with Crippen LogP contribution < -0.4 is 10.1 Å². The van der Waals surface area contributed by atoms with E-state index in [0.29, 0.717) is 11.0 Å². The number of methoxy groups -OCH3 is 1. The minimum atomic E-state index is -0.208. The molecule has 6 nitrogen and oxygen atoms in total. The average Bonchev–Trinajstić information content (AvgIpc) is 2.54. The van der Waals surface area contributed by atoms with Crippen molar-refractivity contribution < 1.29 is 9.53 Å². The average molecular weight is 308 g/mol. The van der Waals surface area contributed by atoms with Gasteiger partial charge in [0.05, 0.1) is 24.5 Å². The first-order valence-electron chi connectivity index (χ1n) is 7.13. The molecule has 0 spiro atoms. The van der Waals surface area contributed by atoms with Crippen LogP contribution in [0.3, 0.4) is 0 Å². The van der Waals surface area contributed by atoms with Crippen molar-refractivity contribution in [3.8, 4) is 17.0 Å². The molecular formula is C17H16N4O2. The SMILES string of the molecule is COc1cc(-c2ccc3nc(NC(C)=O)ncc3n2)ccc1C. The Labute approximate surface area is 133 Å². The quantitative estimate of drug-likeness (QED) is 0.805. The fourth-order valence-electron chi connectivity index (χ4n) is 2.28. The van der Waals surface area contributed by atoms with Crippen molar-refractivity contribution in [2.75, 3.05) is 12.4 Å². The van der Waals surface area contributed by atoms with Gasteiger partial charge in [0.2, 0.25) is 11.9 Å². The zero-order chi connectivity index (χ0) is 16.4. The Bertz CT molecular complexity index is 893. The lowest BCUT2D eigenvalue weighted by atomic mass is 10.1. The second-order valence-electron chi connectivity index (χ2n) is 5.16. The summed E-state index contributed by atoms with van der Waals surface area (Å²) < 4.78 is 5.35. The van der Waals surface area contributed by atoms with Gasteiger partial charge in [0.15, 0.2) is 0 Å². The minimum absolute atomic E-state index is 0.208. The lowest BCUT2D eigenvalue weighted by Gasteiger charge is -2.08. The van der Waals surface area contributed by atoms with Gasteiger partial charge in [-0.25, -0.2) is 15.0 Å². The highest BCUT2D eigenvalue weighted by Gasteiger charge is 2.07. The van der Waals surface area contributed by atoms with Gasteiger partial charge in [-0.2, -0.15) is 0 Å². The zero-order valence-electron chi connectivity index (χ0n) is 13.1. The van der Waals surface area contributed by atoms with E-state index in [-0.39, 0.29) is 11.9 Å². The first kappa shape index (κ1) is 14.9. The third-order valence-corrected chi connectivity index (χ3v) is 3.43. The Morgan fingerprint density at radius 3 is 2.70 bits per heavy atom. The first-order valence-corrected chi connectivity index (χ1v) is 7.13. The fraction of sp³-hybridized carbons (Fsp3) is 0.176. The number of amides is 1. The summed E-state index contributed by atoms with van der Waals surface area (Å²) >= 11 is 0. The van der Waals surface area contributed by atoms with Crippen LogP contribution in [0.5, 0.6) is 5.75 Å². The molecule has 0 aliphatic rings. The highest BCUT2D eigenvalue weighted by molar-refractivity contribution is 5.88. The molecule has 1 amide bonds. The number of ether oxygens (including phenoxy) is 1. The van der Waals surface area contributed by atoms with Crippen molar-refractivity contribution in [3.63, 3.8) is 0 Å². The van der Waals surface area contributed by atoms with Gasteiger partial charge in [0.1, 0.15) is 11.3 Å². The number of nitrogens with zero attached hydrogens (tertiary/aromatic N) is 3. The van der Waals surface area contributed by atoms with Gasteiger partial charge in [-0.3, -0.25) is 10.1 Å². The summed E-state index contributed by atoms with van der Waals surface area (Å²) in [5, 5.41) is 2.56. The van der Waals surface area contributed by atoms with Crippen molar-refractivity contribution in [2.45, 2.75) is 13.8 Å². The van der Waals surface area contributed by atoms with Crippen LogP contribution >= 0.6 is 0 Å². The predicted octanol–water partition coefficient (Wildman–Crippen LogP) is 2.97. The summed E-state index contributed by atoms with van der Waals surface area (Å²) in [6.07, 6.45) is 1.60. The van der Waals surface area contributed by atoms with Crippen molar-refractivity contribution in [1.29, 1.82) is 0 Å². The van der Waals surface area contributed by atoms with Crippen LogP contribution in [-0.2, 0) is 4.79 Å². The van der Waals surface area contributed by atoms with Crippen LogP contribution in [0.25, 0.3) is 22.3 Å². The fourth-order valence-corrected chi connectivity index (χ4v) is 2.28. The number of benzene rings is 1. The molecule has 116 valence electrons. The summed E-state index contributed by atoms with van der Waals surface area (Å²) in [7, 11) is 1.65. The van der Waals surface area contributed by atoms with Gasteiger partial charge < -0.3 is 4.74 Å². The summed E-state index contributed by atoms with van der Waals surface area (Å²) in [6.45, 7) is 3.41. The second kappa shape index (κ2) is 6.00. The van der Waals surface area contributed by atoms with Crippen LogP contribution in [0.4, 0.5) is 5.95 Å². The summed E-state index contributed by atoms with van der Waals surface area (Å²) in [5.74, 6) is 0.888. The first-order chi connectivity index (χ1) is 11.1. The number of pyridine rings is 1. The molecular weight excluding hydrogens is 292 g/mol. The standard InChI is InChI=1S/C17H16N4O2/c1-10-4-5-12(8-16(10)23-3)13-6-7-14-15(20-13)9-18-17(21-14)19-11(2)22/h4-9H,1-3H3,(H,18,19,21,22). The third-order valence-electron chi connectivity index (χ3n) is 3.43. The van der Waals surface area contributed by atoms with E-state index in [4.69, 9.17) is 4.74 Å². The molecule has 23 heavy (non-hydrogen) atoms. The molecule has 0 atom stereocenters. The second-order valence-corrected chi connectivity index (χ2v) is 5.16. The number of fused-ring (bicyclic) bond motifs is 1. The number of aryl methyl sites for hydroxylation is 1. The number of carbonyl (C=O) groups excluding carboxylic acids is 1. The topological polar surface area (TPSA) is 77.0 Å². The van der Waals surface area contributed by atoms with Crippen molar-refractivity contribution in [1.82, 2.24) is 15.0 Å². The predicted molar refractivity (Wildman–Crippen MR) is 88.4 cm³/mol. The highest BCUT2D eigenvalue weighted by Crippen LogP contribution is 2.26. The minimum Gasteiger partial charge on any atom is -0.496 e. The molecule has 1 N–H and O–H groups in total. The molecule has 3 aromatic rings. The van der Waals surface area contributed by atoms with E-state index in [2.05, 4.69) is 20.3 Å². The van der Waals surface area contributed by atoms with Gasteiger partial charge in [0.25, 0.3) is 0 Å². The van der Waals surface area contributed by atoms with Crippen LogP contribution in [0, 0.1) is 6.92 Å². The van der Waals surface area contributed by atoms with Crippen LogP contribution in [0.1, 0.15) is 12.5 Å². The number of anilines is 1. The Hall–Kier alpha value is -3.02. The Morgan fingerprint density at radius 1 is 1.13 bits per heavy atom. The monoisotopic (exact) mass is 308 g/mol.